The fourth-order valence-corrected chi connectivity index (χ4v) is 4.54. The highest BCUT2D eigenvalue weighted by Gasteiger charge is 2.36. The van der Waals surface area contributed by atoms with Crippen LogP contribution in [0.3, 0.4) is 0 Å². The van der Waals surface area contributed by atoms with E-state index in [9.17, 15) is 0 Å². The standard InChI is InChI=1S/C27H23ClN2/c1-27(2)21-12-6-9-15-25(21)30(20-10-4-3-5-11-20)26-17-16-19(18-22(26)27)29-24-14-8-7-13-23(24)28/h3-18,29H,1-2H3. The summed E-state index contributed by atoms with van der Waals surface area (Å²) < 4.78 is 0. The second-order valence-electron chi connectivity index (χ2n) is 8.15. The van der Waals surface area contributed by atoms with E-state index in [2.05, 4.69) is 96.9 Å². The molecule has 0 unspecified atom stereocenters. The number of nitrogens with one attached hydrogen (secondary N) is 1. The van der Waals surface area contributed by atoms with Crippen molar-refractivity contribution in [2.24, 2.45) is 0 Å². The predicted octanol–water partition coefficient (Wildman–Crippen LogP) is 8.19. The minimum absolute atomic E-state index is 0.130. The average Bonchev–Trinajstić information content (AvgIpc) is 2.77. The summed E-state index contributed by atoms with van der Waals surface area (Å²) >= 11 is 6.37. The number of hydrogen-bond acceptors (Lipinski definition) is 2. The lowest BCUT2D eigenvalue weighted by molar-refractivity contribution is 0.632. The van der Waals surface area contributed by atoms with Crippen molar-refractivity contribution in [1.29, 1.82) is 0 Å². The second-order valence-corrected chi connectivity index (χ2v) is 8.56. The fraction of sp³-hybridized carbons (Fsp3) is 0.111. The SMILES string of the molecule is CC1(C)c2ccccc2N(c2ccccc2)c2ccc(Nc3ccccc3Cl)cc21. The van der Waals surface area contributed by atoms with Gasteiger partial charge in [-0.1, -0.05) is 74.0 Å². The molecule has 0 aromatic heterocycles. The molecule has 0 fully saturated rings. The lowest BCUT2D eigenvalue weighted by Gasteiger charge is -2.42. The van der Waals surface area contributed by atoms with Crippen molar-refractivity contribution < 1.29 is 0 Å². The molecule has 4 aromatic rings. The molecule has 148 valence electrons. The molecule has 0 saturated carbocycles. The molecule has 1 aliphatic heterocycles. The predicted molar refractivity (Wildman–Crippen MR) is 128 cm³/mol. The van der Waals surface area contributed by atoms with Crippen molar-refractivity contribution in [1.82, 2.24) is 0 Å². The van der Waals surface area contributed by atoms with Crippen molar-refractivity contribution in [3.05, 3.63) is 113 Å². The van der Waals surface area contributed by atoms with Gasteiger partial charge in [0.05, 0.1) is 22.1 Å². The van der Waals surface area contributed by atoms with Crippen LogP contribution < -0.4 is 10.2 Å². The molecule has 30 heavy (non-hydrogen) atoms. The molecule has 2 nitrogen and oxygen atoms in total. The Hall–Kier alpha value is -3.23. The Labute approximate surface area is 182 Å². The van der Waals surface area contributed by atoms with Crippen LogP contribution >= 0.6 is 11.6 Å². The van der Waals surface area contributed by atoms with Crippen molar-refractivity contribution >= 4 is 40.0 Å². The quantitative estimate of drug-likeness (QED) is 0.366. The molecule has 0 bridgehead atoms. The lowest BCUT2D eigenvalue weighted by Crippen LogP contribution is -2.30. The maximum atomic E-state index is 6.37. The van der Waals surface area contributed by atoms with Gasteiger partial charge >= 0.3 is 0 Å². The maximum absolute atomic E-state index is 6.37. The molecule has 0 amide bonds. The van der Waals surface area contributed by atoms with Crippen LogP contribution in [-0.4, -0.2) is 0 Å². The first-order valence-corrected chi connectivity index (χ1v) is 10.5. The minimum atomic E-state index is -0.130. The normalized spacial score (nSPS) is 14.0. The van der Waals surface area contributed by atoms with Gasteiger partial charge in [0.1, 0.15) is 0 Å². The van der Waals surface area contributed by atoms with Crippen molar-refractivity contribution in [3.8, 4) is 0 Å². The number of nitrogens with zero attached hydrogens (tertiary/aromatic N) is 1. The third kappa shape index (κ3) is 3.05. The number of rotatable bonds is 3. The van der Waals surface area contributed by atoms with Crippen LogP contribution in [0.1, 0.15) is 25.0 Å². The highest BCUT2D eigenvalue weighted by Crippen LogP contribution is 2.52. The van der Waals surface area contributed by atoms with Gasteiger partial charge in [-0.15, -0.1) is 0 Å². The van der Waals surface area contributed by atoms with Crippen LogP contribution in [0, 0.1) is 0 Å². The van der Waals surface area contributed by atoms with E-state index in [1.165, 1.54) is 22.5 Å². The molecule has 0 atom stereocenters. The molecule has 4 aromatic carbocycles. The lowest BCUT2D eigenvalue weighted by atomic mass is 9.73. The largest absolute Gasteiger partial charge is 0.354 e. The van der Waals surface area contributed by atoms with Gasteiger partial charge in [-0.25, -0.2) is 0 Å². The van der Waals surface area contributed by atoms with Crippen molar-refractivity contribution in [2.75, 3.05) is 10.2 Å². The zero-order valence-electron chi connectivity index (χ0n) is 17.1. The third-order valence-electron chi connectivity index (χ3n) is 5.90. The van der Waals surface area contributed by atoms with Crippen LogP contribution in [0.2, 0.25) is 5.02 Å². The Bertz CT molecular complexity index is 1210. The number of para-hydroxylation sites is 3. The topological polar surface area (TPSA) is 15.3 Å². The Morgan fingerprint density at radius 3 is 2.17 bits per heavy atom. The Balaban J connectivity index is 1.68. The third-order valence-corrected chi connectivity index (χ3v) is 6.23. The zero-order chi connectivity index (χ0) is 20.7. The highest BCUT2D eigenvalue weighted by atomic mass is 35.5. The number of fused-ring (bicyclic) bond motifs is 2. The van der Waals surface area contributed by atoms with E-state index in [0.29, 0.717) is 5.02 Å². The monoisotopic (exact) mass is 410 g/mol. The Kier molecular flexibility index (Phi) is 4.52. The van der Waals surface area contributed by atoms with Crippen LogP contribution in [0.15, 0.2) is 97.1 Å². The van der Waals surface area contributed by atoms with E-state index in [0.717, 1.165) is 17.1 Å². The molecule has 1 aliphatic rings. The molecule has 1 N–H and O–H groups in total. The van der Waals surface area contributed by atoms with Crippen LogP contribution in [0.5, 0.6) is 0 Å². The number of hydrogen-bond donors (Lipinski definition) is 1. The molecule has 0 aliphatic carbocycles. The maximum Gasteiger partial charge on any atom is 0.0640 e. The molecule has 0 saturated heterocycles. The molecular weight excluding hydrogens is 388 g/mol. The zero-order valence-corrected chi connectivity index (χ0v) is 17.8. The molecule has 0 spiro atoms. The van der Waals surface area contributed by atoms with E-state index >= 15 is 0 Å². The van der Waals surface area contributed by atoms with E-state index in [1.54, 1.807) is 0 Å². The number of benzene rings is 4. The summed E-state index contributed by atoms with van der Waals surface area (Å²) in [5.74, 6) is 0. The Morgan fingerprint density at radius 1 is 0.700 bits per heavy atom. The average molecular weight is 411 g/mol. The molecule has 5 rings (SSSR count). The first-order valence-electron chi connectivity index (χ1n) is 10.2. The smallest absolute Gasteiger partial charge is 0.0640 e. The Morgan fingerprint density at radius 2 is 1.37 bits per heavy atom. The molecule has 1 heterocycles. The van der Waals surface area contributed by atoms with Crippen LogP contribution in [0.4, 0.5) is 28.4 Å². The summed E-state index contributed by atoms with van der Waals surface area (Å²) in [6.07, 6.45) is 0. The van der Waals surface area contributed by atoms with E-state index in [1.807, 2.05) is 24.3 Å². The van der Waals surface area contributed by atoms with Gasteiger partial charge in [-0.2, -0.15) is 0 Å². The van der Waals surface area contributed by atoms with Gasteiger partial charge in [0, 0.05) is 16.8 Å². The first kappa shape index (κ1) is 18.8. The van der Waals surface area contributed by atoms with Crippen molar-refractivity contribution in [3.63, 3.8) is 0 Å². The van der Waals surface area contributed by atoms with E-state index < -0.39 is 0 Å². The number of anilines is 5. The van der Waals surface area contributed by atoms with Gasteiger partial charge in [-0.05, 0) is 59.7 Å². The van der Waals surface area contributed by atoms with Gasteiger partial charge in [0.15, 0.2) is 0 Å². The minimum Gasteiger partial charge on any atom is -0.354 e. The molecular formula is C27H23ClN2. The highest BCUT2D eigenvalue weighted by molar-refractivity contribution is 6.33. The summed E-state index contributed by atoms with van der Waals surface area (Å²) in [6.45, 7) is 4.60. The van der Waals surface area contributed by atoms with Gasteiger partial charge in [0.25, 0.3) is 0 Å². The van der Waals surface area contributed by atoms with E-state index in [-0.39, 0.29) is 5.41 Å². The fourth-order valence-electron chi connectivity index (χ4n) is 4.35. The molecule has 3 heteroatoms. The summed E-state index contributed by atoms with van der Waals surface area (Å²) in [4.78, 5) is 2.36. The summed E-state index contributed by atoms with van der Waals surface area (Å²) in [7, 11) is 0. The second kappa shape index (κ2) is 7.23. The number of halogens is 1. The summed E-state index contributed by atoms with van der Waals surface area (Å²) in [5.41, 5.74) is 8.00. The summed E-state index contributed by atoms with van der Waals surface area (Å²) in [6, 6.07) is 33.7. The van der Waals surface area contributed by atoms with Gasteiger partial charge in [-0.3, -0.25) is 0 Å². The summed E-state index contributed by atoms with van der Waals surface area (Å²) in [5, 5.41) is 4.20. The molecule has 0 radical (unpaired) electrons. The van der Waals surface area contributed by atoms with Crippen molar-refractivity contribution in [2.45, 2.75) is 19.3 Å². The van der Waals surface area contributed by atoms with E-state index in [4.69, 9.17) is 11.6 Å². The first-order chi connectivity index (χ1) is 14.6. The van der Waals surface area contributed by atoms with Gasteiger partial charge in [0.2, 0.25) is 0 Å². The van der Waals surface area contributed by atoms with Crippen LogP contribution in [-0.2, 0) is 5.41 Å². The van der Waals surface area contributed by atoms with Crippen LogP contribution in [0.25, 0.3) is 0 Å². The van der Waals surface area contributed by atoms with Gasteiger partial charge < -0.3 is 10.2 Å².